The molecule has 8 heteroatoms. The minimum atomic E-state index is -0.541. The number of hydrogen-bond donors (Lipinski definition) is 0. The highest BCUT2D eigenvalue weighted by molar-refractivity contribution is 5.87. The van der Waals surface area contributed by atoms with Crippen molar-refractivity contribution in [2.24, 2.45) is 0 Å². The zero-order valence-electron chi connectivity index (χ0n) is 20.0. The van der Waals surface area contributed by atoms with E-state index in [0.29, 0.717) is 50.7 Å². The summed E-state index contributed by atoms with van der Waals surface area (Å²) in [5.74, 6) is 1.40. The number of carbonyl (C=O) groups excluding carboxylic acids is 1. The molecule has 8 nitrogen and oxygen atoms in total. The highest BCUT2D eigenvalue weighted by atomic mass is 16.7. The van der Waals surface area contributed by atoms with Crippen LogP contribution in [0.25, 0.3) is 22.1 Å². The SMILES string of the molecule is COC(=O)CC(c1ccc2c(c1)OCO2)c1c(OC)ccc2c(=O)c(-c3ccc(OC)cc3)coc12. The van der Waals surface area contributed by atoms with E-state index >= 15 is 0 Å². The normalized spacial score (nSPS) is 12.9. The van der Waals surface area contributed by atoms with E-state index in [1.54, 1.807) is 49.6 Å². The Morgan fingerprint density at radius 2 is 1.72 bits per heavy atom. The van der Waals surface area contributed by atoms with Gasteiger partial charge in [-0.3, -0.25) is 9.59 Å². The van der Waals surface area contributed by atoms with Crippen LogP contribution in [0.3, 0.4) is 0 Å². The fourth-order valence-electron chi connectivity index (χ4n) is 4.45. The van der Waals surface area contributed by atoms with Crippen molar-refractivity contribution in [3.8, 4) is 34.1 Å². The van der Waals surface area contributed by atoms with Gasteiger partial charge in [-0.05, 0) is 47.5 Å². The first kappa shape index (κ1) is 23.3. The molecule has 0 radical (unpaired) electrons. The lowest BCUT2D eigenvalue weighted by Gasteiger charge is -2.21. The maximum Gasteiger partial charge on any atom is 0.306 e. The Hall–Kier alpha value is -4.46. The zero-order valence-corrected chi connectivity index (χ0v) is 20.0. The number of fused-ring (bicyclic) bond motifs is 2. The van der Waals surface area contributed by atoms with E-state index in [-0.39, 0.29) is 18.6 Å². The van der Waals surface area contributed by atoms with Gasteiger partial charge in [0, 0.05) is 11.5 Å². The standard InChI is InChI=1S/C28H24O8/c1-31-18-7-4-16(5-8-18)21-14-34-28-19(27(21)30)9-11-23(32-2)26(28)20(13-25(29)33-3)17-6-10-22-24(12-17)36-15-35-22/h4-12,14,20H,13,15H2,1-3H3. The average molecular weight is 488 g/mol. The number of hydrogen-bond acceptors (Lipinski definition) is 8. The Kier molecular flexibility index (Phi) is 6.25. The van der Waals surface area contributed by atoms with Crippen LogP contribution in [0, 0.1) is 0 Å². The Labute approximate surface area is 206 Å². The lowest BCUT2D eigenvalue weighted by molar-refractivity contribution is -0.140. The van der Waals surface area contributed by atoms with E-state index in [2.05, 4.69) is 0 Å². The molecule has 0 N–H and O–H groups in total. The van der Waals surface area contributed by atoms with Crippen LogP contribution in [0.4, 0.5) is 0 Å². The van der Waals surface area contributed by atoms with Gasteiger partial charge in [0.25, 0.3) is 0 Å². The molecule has 1 aliphatic rings. The smallest absolute Gasteiger partial charge is 0.306 e. The van der Waals surface area contributed by atoms with Gasteiger partial charge in [0.15, 0.2) is 11.5 Å². The zero-order chi connectivity index (χ0) is 25.2. The van der Waals surface area contributed by atoms with E-state index in [1.807, 2.05) is 12.1 Å². The van der Waals surface area contributed by atoms with Crippen molar-refractivity contribution in [3.05, 3.63) is 82.2 Å². The first-order chi connectivity index (χ1) is 17.5. The lowest BCUT2D eigenvalue weighted by Crippen LogP contribution is -2.13. The van der Waals surface area contributed by atoms with E-state index in [4.69, 9.17) is 28.1 Å². The average Bonchev–Trinajstić information content (AvgIpc) is 3.39. The molecule has 5 rings (SSSR count). The maximum absolute atomic E-state index is 13.6. The molecule has 0 aliphatic carbocycles. The largest absolute Gasteiger partial charge is 0.497 e. The summed E-state index contributed by atoms with van der Waals surface area (Å²) in [6, 6.07) is 16.0. The molecule has 0 saturated carbocycles. The van der Waals surface area contributed by atoms with Crippen molar-refractivity contribution < 1.29 is 32.9 Å². The van der Waals surface area contributed by atoms with Crippen LogP contribution in [0.15, 0.2) is 70.1 Å². The third kappa shape index (κ3) is 4.11. The minimum absolute atomic E-state index is 0.00441. The molecular weight excluding hydrogens is 464 g/mol. The van der Waals surface area contributed by atoms with E-state index in [1.165, 1.54) is 20.5 Å². The van der Waals surface area contributed by atoms with E-state index < -0.39 is 11.9 Å². The Bertz CT molecular complexity index is 1490. The first-order valence-corrected chi connectivity index (χ1v) is 11.3. The van der Waals surface area contributed by atoms with E-state index in [9.17, 15) is 9.59 Å². The summed E-state index contributed by atoms with van der Waals surface area (Å²) in [4.78, 5) is 26.0. The molecule has 0 spiro atoms. The molecule has 1 aromatic heterocycles. The fraction of sp³-hybridized carbons (Fsp3) is 0.214. The van der Waals surface area contributed by atoms with Gasteiger partial charge in [-0.1, -0.05) is 18.2 Å². The number of esters is 1. The Morgan fingerprint density at radius 3 is 2.44 bits per heavy atom. The predicted molar refractivity (Wildman–Crippen MR) is 132 cm³/mol. The molecule has 2 heterocycles. The van der Waals surface area contributed by atoms with Gasteiger partial charge in [0.05, 0.1) is 38.7 Å². The molecule has 1 atom stereocenters. The van der Waals surface area contributed by atoms with Crippen LogP contribution in [-0.4, -0.2) is 34.1 Å². The van der Waals surface area contributed by atoms with Crippen LogP contribution in [0.5, 0.6) is 23.0 Å². The van der Waals surface area contributed by atoms with Gasteiger partial charge >= 0.3 is 5.97 Å². The summed E-state index contributed by atoms with van der Waals surface area (Å²) in [6.45, 7) is 0.126. The number of benzene rings is 3. The monoisotopic (exact) mass is 488 g/mol. The molecule has 1 unspecified atom stereocenters. The molecule has 0 amide bonds. The van der Waals surface area contributed by atoms with Crippen molar-refractivity contribution in [1.29, 1.82) is 0 Å². The second-order valence-corrected chi connectivity index (χ2v) is 8.21. The molecule has 3 aromatic carbocycles. The Morgan fingerprint density at radius 1 is 0.944 bits per heavy atom. The lowest BCUT2D eigenvalue weighted by atomic mass is 9.86. The highest BCUT2D eigenvalue weighted by Crippen LogP contribution is 2.43. The predicted octanol–water partition coefficient (Wildman–Crippen LogP) is 4.90. The number of methoxy groups -OCH3 is 3. The van der Waals surface area contributed by atoms with Gasteiger partial charge in [0.1, 0.15) is 23.3 Å². The molecular formula is C28H24O8. The molecule has 0 saturated heterocycles. The third-order valence-electron chi connectivity index (χ3n) is 6.31. The van der Waals surface area contributed by atoms with Gasteiger partial charge in [-0.25, -0.2) is 0 Å². The van der Waals surface area contributed by atoms with Crippen molar-refractivity contribution in [1.82, 2.24) is 0 Å². The molecule has 0 bridgehead atoms. The van der Waals surface area contributed by atoms with Crippen molar-refractivity contribution in [2.45, 2.75) is 12.3 Å². The summed E-state index contributed by atoms with van der Waals surface area (Å²) < 4.78 is 32.9. The highest BCUT2D eigenvalue weighted by Gasteiger charge is 2.28. The molecule has 0 fully saturated rings. The van der Waals surface area contributed by atoms with Crippen LogP contribution < -0.4 is 24.4 Å². The number of ether oxygens (including phenoxy) is 5. The van der Waals surface area contributed by atoms with Gasteiger partial charge < -0.3 is 28.1 Å². The fourth-order valence-corrected chi connectivity index (χ4v) is 4.45. The van der Waals surface area contributed by atoms with Crippen LogP contribution in [0.1, 0.15) is 23.5 Å². The summed E-state index contributed by atoms with van der Waals surface area (Å²) in [6.07, 6.45) is 1.43. The number of carbonyl (C=O) groups is 1. The van der Waals surface area contributed by atoms with Crippen molar-refractivity contribution in [2.75, 3.05) is 28.1 Å². The third-order valence-corrected chi connectivity index (χ3v) is 6.31. The maximum atomic E-state index is 13.6. The first-order valence-electron chi connectivity index (χ1n) is 11.3. The summed E-state index contributed by atoms with van der Waals surface area (Å²) in [7, 11) is 4.45. The molecule has 36 heavy (non-hydrogen) atoms. The van der Waals surface area contributed by atoms with E-state index in [0.717, 1.165) is 5.56 Å². The Balaban J connectivity index is 1.70. The summed E-state index contributed by atoms with van der Waals surface area (Å²) in [5, 5.41) is 0.370. The minimum Gasteiger partial charge on any atom is -0.497 e. The molecule has 1 aliphatic heterocycles. The molecule has 4 aromatic rings. The van der Waals surface area contributed by atoms with Crippen LogP contribution >= 0.6 is 0 Å². The van der Waals surface area contributed by atoms with Gasteiger partial charge in [0.2, 0.25) is 12.2 Å². The van der Waals surface area contributed by atoms with Crippen LogP contribution in [0.2, 0.25) is 0 Å². The quantitative estimate of drug-likeness (QED) is 0.339. The second kappa shape index (κ2) is 9.65. The van der Waals surface area contributed by atoms with Crippen molar-refractivity contribution >= 4 is 16.9 Å². The van der Waals surface area contributed by atoms with Crippen molar-refractivity contribution in [3.63, 3.8) is 0 Å². The van der Waals surface area contributed by atoms with Gasteiger partial charge in [-0.15, -0.1) is 0 Å². The summed E-state index contributed by atoms with van der Waals surface area (Å²) in [5.41, 5.74) is 2.57. The van der Waals surface area contributed by atoms with Gasteiger partial charge in [-0.2, -0.15) is 0 Å². The topological polar surface area (TPSA) is 93.4 Å². The summed E-state index contributed by atoms with van der Waals surface area (Å²) >= 11 is 0. The molecule has 184 valence electrons. The van der Waals surface area contributed by atoms with Crippen LogP contribution in [-0.2, 0) is 9.53 Å². The second-order valence-electron chi connectivity index (χ2n) is 8.21. The number of rotatable bonds is 7.